The Morgan fingerprint density at radius 3 is 2.88 bits per heavy atom. The van der Waals surface area contributed by atoms with Crippen LogP contribution in [0.25, 0.3) is 10.2 Å². The molecule has 1 aliphatic rings. The first-order valence-corrected chi connectivity index (χ1v) is 9.31. The number of thiophene rings is 1. The largest absolute Gasteiger partial charge is 0.355 e. The third-order valence-corrected chi connectivity index (χ3v) is 5.37. The summed E-state index contributed by atoms with van der Waals surface area (Å²) in [6, 6.07) is 1.90. The number of amides is 1. The number of hydrogen-bond donors (Lipinski definition) is 1. The summed E-state index contributed by atoms with van der Waals surface area (Å²) in [4.78, 5) is 39.5. The van der Waals surface area contributed by atoms with E-state index in [0.29, 0.717) is 10.2 Å². The van der Waals surface area contributed by atoms with Gasteiger partial charge in [0, 0.05) is 31.5 Å². The van der Waals surface area contributed by atoms with Crippen molar-refractivity contribution in [1.82, 2.24) is 24.8 Å². The highest BCUT2D eigenvalue weighted by molar-refractivity contribution is 7.17. The molecule has 4 heterocycles. The van der Waals surface area contributed by atoms with E-state index in [1.54, 1.807) is 24.7 Å². The van der Waals surface area contributed by atoms with Crippen LogP contribution in [0.3, 0.4) is 0 Å². The minimum Gasteiger partial charge on any atom is -0.355 e. The molecule has 0 bridgehead atoms. The van der Waals surface area contributed by atoms with Gasteiger partial charge in [0.05, 0.1) is 18.0 Å². The Bertz CT molecular complexity index is 962. The Hall–Kier alpha value is -2.81. The van der Waals surface area contributed by atoms with Gasteiger partial charge in [0.15, 0.2) is 0 Å². The molecule has 0 radical (unpaired) electrons. The lowest BCUT2D eigenvalue weighted by atomic mass is 10.1. The zero-order chi connectivity index (χ0) is 17.9. The highest BCUT2D eigenvalue weighted by Gasteiger charge is 2.22. The van der Waals surface area contributed by atoms with Crippen LogP contribution >= 0.6 is 11.3 Å². The molecule has 1 saturated heterocycles. The predicted octanol–water partition coefficient (Wildman–Crippen LogP) is 1.03. The Morgan fingerprint density at radius 1 is 1.27 bits per heavy atom. The fourth-order valence-electron chi connectivity index (χ4n) is 3.13. The number of nitrogens with one attached hydrogen (secondary N) is 1. The van der Waals surface area contributed by atoms with Gasteiger partial charge < -0.3 is 10.2 Å². The lowest BCUT2D eigenvalue weighted by Gasteiger charge is -2.32. The van der Waals surface area contributed by atoms with Gasteiger partial charge in [-0.15, -0.1) is 11.3 Å². The SMILES string of the molecule is O=C(Cn1cnc2ccsc2c1=O)NC1CCN(c2cnccn2)CC1. The van der Waals surface area contributed by atoms with E-state index in [2.05, 4.69) is 25.2 Å². The standard InChI is InChI=1S/C17H18N6O2S/c24-15(10-23-11-20-13-3-8-26-16(13)17(23)25)21-12-1-6-22(7-2-12)14-9-18-4-5-19-14/h3-5,8-9,11-12H,1-2,6-7,10H2,(H,21,24). The molecular weight excluding hydrogens is 352 g/mol. The molecule has 0 unspecified atom stereocenters. The van der Waals surface area contributed by atoms with E-state index in [1.165, 1.54) is 22.2 Å². The summed E-state index contributed by atoms with van der Waals surface area (Å²) in [5.41, 5.74) is 0.505. The molecule has 1 amide bonds. The minimum atomic E-state index is -0.169. The molecule has 0 aliphatic carbocycles. The van der Waals surface area contributed by atoms with Crippen molar-refractivity contribution in [3.63, 3.8) is 0 Å². The minimum absolute atomic E-state index is 0.00987. The summed E-state index contributed by atoms with van der Waals surface area (Å²) in [7, 11) is 0. The lowest BCUT2D eigenvalue weighted by molar-refractivity contribution is -0.122. The Morgan fingerprint density at radius 2 is 2.12 bits per heavy atom. The van der Waals surface area contributed by atoms with Crippen molar-refractivity contribution < 1.29 is 4.79 Å². The molecular formula is C17H18N6O2S. The first-order valence-electron chi connectivity index (χ1n) is 8.43. The van der Waals surface area contributed by atoms with E-state index in [-0.39, 0.29) is 24.1 Å². The van der Waals surface area contributed by atoms with Crippen molar-refractivity contribution in [2.24, 2.45) is 0 Å². The van der Waals surface area contributed by atoms with Crippen molar-refractivity contribution in [3.05, 3.63) is 46.7 Å². The highest BCUT2D eigenvalue weighted by Crippen LogP contribution is 2.16. The van der Waals surface area contributed by atoms with Crippen LogP contribution in [0.4, 0.5) is 5.82 Å². The van der Waals surface area contributed by atoms with Crippen LogP contribution < -0.4 is 15.8 Å². The Balaban J connectivity index is 1.34. The number of nitrogens with zero attached hydrogens (tertiary/aromatic N) is 5. The van der Waals surface area contributed by atoms with Gasteiger partial charge in [-0.1, -0.05) is 0 Å². The van der Waals surface area contributed by atoms with E-state index < -0.39 is 0 Å². The first-order chi connectivity index (χ1) is 12.7. The molecule has 0 saturated carbocycles. The molecule has 3 aromatic rings. The van der Waals surface area contributed by atoms with Crippen LogP contribution in [0.2, 0.25) is 0 Å². The molecule has 1 fully saturated rings. The monoisotopic (exact) mass is 370 g/mol. The number of piperidine rings is 1. The number of carbonyl (C=O) groups is 1. The molecule has 26 heavy (non-hydrogen) atoms. The predicted molar refractivity (Wildman–Crippen MR) is 99.3 cm³/mol. The molecule has 0 atom stereocenters. The van der Waals surface area contributed by atoms with E-state index in [9.17, 15) is 9.59 Å². The number of rotatable bonds is 4. The van der Waals surface area contributed by atoms with Gasteiger partial charge in [-0.3, -0.25) is 19.1 Å². The average molecular weight is 370 g/mol. The van der Waals surface area contributed by atoms with Crippen molar-refractivity contribution >= 4 is 33.3 Å². The number of carbonyl (C=O) groups excluding carboxylic acids is 1. The summed E-state index contributed by atoms with van der Waals surface area (Å²) < 4.78 is 1.95. The van der Waals surface area contributed by atoms with Gasteiger partial charge in [-0.2, -0.15) is 0 Å². The fraction of sp³-hybridized carbons (Fsp3) is 0.353. The van der Waals surface area contributed by atoms with Crippen LogP contribution in [0.15, 0.2) is 41.2 Å². The smallest absolute Gasteiger partial charge is 0.271 e. The topological polar surface area (TPSA) is 93.0 Å². The maximum Gasteiger partial charge on any atom is 0.271 e. The molecule has 9 heteroatoms. The second kappa shape index (κ2) is 7.20. The Kier molecular flexibility index (Phi) is 4.61. The van der Waals surface area contributed by atoms with Crippen LogP contribution in [0.1, 0.15) is 12.8 Å². The molecule has 0 aromatic carbocycles. The zero-order valence-electron chi connectivity index (χ0n) is 14.0. The summed E-state index contributed by atoms with van der Waals surface area (Å²) in [6.07, 6.45) is 8.19. The fourth-order valence-corrected chi connectivity index (χ4v) is 3.92. The van der Waals surface area contributed by atoms with Gasteiger partial charge in [0.1, 0.15) is 17.1 Å². The maximum atomic E-state index is 12.4. The summed E-state index contributed by atoms with van der Waals surface area (Å²) in [6.45, 7) is 1.61. The average Bonchev–Trinajstić information content (AvgIpc) is 3.15. The number of hydrogen-bond acceptors (Lipinski definition) is 7. The van der Waals surface area contributed by atoms with Crippen molar-refractivity contribution in [2.75, 3.05) is 18.0 Å². The summed E-state index contributed by atoms with van der Waals surface area (Å²) in [5, 5.41) is 4.85. The molecule has 1 N–H and O–H groups in total. The molecule has 4 rings (SSSR count). The van der Waals surface area contributed by atoms with E-state index in [4.69, 9.17) is 0 Å². The van der Waals surface area contributed by atoms with Gasteiger partial charge in [0.2, 0.25) is 5.91 Å². The normalized spacial score (nSPS) is 15.3. The van der Waals surface area contributed by atoms with Crippen molar-refractivity contribution in [3.8, 4) is 0 Å². The van der Waals surface area contributed by atoms with Crippen molar-refractivity contribution in [2.45, 2.75) is 25.4 Å². The van der Waals surface area contributed by atoms with Gasteiger partial charge in [0.25, 0.3) is 5.56 Å². The van der Waals surface area contributed by atoms with E-state index in [0.717, 1.165) is 31.7 Å². The summed E-state index contributed by atoms with van der Waals surface area (Å²) >= 11 is 1.34. The molecule has 0 spiro atoms. The van der Waals surface area contributed by atoms with Gasteiger partial charge >= 0.3 is 0 Å². The Labute approximate surface area is 153 Å². The van der Waals surface area contributed by atoms with Crippen LogP contribution in [0.5, 0.6) is 0 Å². The van der Waals surface area contributed by atoms with Gasteiger partial charge in [-0.25, -0.2) is 9.97 Å². The first kappa shape index (κ1) is 16.6. The molecule has 3 aromatic heterocycles. The van der Waals surface area contributed by atoms with Crippen molar-refractivity contribution in [1.29, 1.82) is 0 Å². The molecule has 134 valence electrons. The second-order valence-electron chi connectivity index (χ2n) is 6.21. The quantitative estimate of drug-likeness (QED) is 0.737. The van der Waals surface area contributed by atoms with Crippen LogP contribution in [-0.4, -0.2) is 44.6 Å². The van der Waals surface area contributed by atoms with E-state index in [1.807, 2.05) is 5.38 Å². The second-order valence-corrected chi connectivity index (χ2v) is 7.12. The van der Waals surface area contributed by atoms with E-state index >= 15 is 0 Å². The van der Waals surface area contributed by atoms with Gasteiger partial charge in [-0.05, 0) is 24.3 Å². The third kappa shape index (κ3) is 3.43. The third-order valence-electron chi connectivity index (χ3n) is 4.48. The number of anilines is 1. The van der Waals surface area contributed by atoms with Crippen LogP contribution in [0, 0.1) is 0 Å². The lowest BCUT2D eigenvalue weighted by Crippen LogP contribution is -2.46. The van der Waals surface area contributed by atoms with Crippen LogP contribution in [-0.2, 0) is 11.3 Å². The molecule has 1 aliphatic heterocycles. The highest BCUT2D eigenvalue weighted by atomic mass is 32.1. The maximum absolute atomic E-state index is 12.4. The zero-order valence-corrected chi connectivity index (χ0v) is 14.9. The number of aromatic nitrogens is 4. The number of fused-ring (bicyclic) bond motifs is 1. The summed E-state index contributed by atoms with van der Waals surface area (Å²) in [5.74, 6) is 0.696. The molecule has 8 nitrogen and oxygen atoms in total.